The highest BCUT2D eigenvalue weighted by atomic mass is 79.9. The molecule has 2 unspecified atom stereocenters. The molecule has 0 bridgehead atoms. The summed E-state index contributed by atoms with van der Waals surface area (Å²) in [6.45, 7) is 0.475. The number of likely N-dealkylation sites (tertiary alicyclic amines) is 1. The second-order valence-electron chi connectivity index (χ2n) is 3.53. The van der Waals surface area contributed by atoms with Gasteiger partial charge in [-0.1, -0.05) is 15.9 Å². The first-order valence-corrected chi connectivity index (χ1v) is 5.74. The Labute approximate surface area is 96.8 Å². The lowest BCUT2D eigenvalue weighted by Crippen LogP contribution is -2.42. The van der Waals surface area contributed by atoms with Crippen molar-refractivity contribution in [2.45, 2.75) is 18.9 Å². The minimum absolute atomic E-state index is 0.0656. The van der Waals surface area contributed by atoms with E-state index in [9.17, 15) is 9.59 Å². The summed E-state index contributed by atoms with van der Waals surface area (Å²) >= 11 is 3.29. The van der Waals surface area contributed by atoms with Gasteiger partial charge in [-0.05, 0) is 5.92 Å². The molecule has 1 saturated heterocycles. The van der Waals surface area contributed by atoms with E-state index in [4.69, 9.17) is 11.5 Å². The van der Waals surface area contributed by atoms with E-state index in [2.05, 4.69) is 21.9 Å². The van der Waals surface area contributed by atoms with Gasteiger partial charge in [0.05, 0.1) is 0 Å². The maximum absolute atomic E-state index is 11.5. The molecule has 4 nitrogen and oxygen atoms in total. The summed E-state index contributed by atoms with van der Waals surface area (Å²) in [7, 11) is 0. The van der Waals surface area contributed by atoms with E-state index in [-0.39, 0.29) is 18.2 Å². The number of carboxylic acids is 1. The number of alkyl halides is 1. The van der Waals surface area contributed by atoms with Crippen LogP contribution in [0.4, 0.5) is 0 Å². The number of halogens is 1. The molecule has 0 aromatic carbocycles. The molecule has 1 aliphatic rings. The Morgan fingerprint density at radius 2 is 2.47 bits per heavy atom. The molecule has 2 atom stereocenters. The van der Waals surface area contributed by atoms with Gasteiger partial charge in [0, 0.05) is 24.7 Å². The molecule has 0 aliphatic carbocycles. The monoisotopic (exact) mass is 273 g/mol. The Bertz CT molecular complexity index is 310. The summed E-state index contributed by atoms with van der Waals surface area (Å²) in [6, 6.07) is -0.869. The molecule has 0 spiro atoms. The van der Waals surface area contributed by atoms with Crippen LogP contribution in [0.1, 0.15) is 12.8 Å². The van der Waals surface area contributed by atoms with Gasteiger partial charge in [0.15, 0.2) is 0 Å². The van der Waals surface area contributed by atoms with Crippen LogP contribution < -0.4 is 0 Å². The first-order valence-electron chi connectivity index (χ1n) is 4.61. The summed E-state index contributed by atoms with van der Waals surface area (Å²) in [6.07, 6.45) is 5.55. The highest BCUT2D eigenvalue weighted by Gasteiger charge is 2.36. The SMILES string of the molecule is C#CCC(C(=O)O)N1CC(CBr)CC1=O. The topological polar surface area (TPSA) is 57.6 Å². The summed E-state index contributed by atoms with van der Waals surface area (Å²) in [5.41, 5.74) is 0. The van der Waals surface area contributed by atoms with Gasteiger partial charge in [0.25, 0.3) is 0 Å². The zero-order valence-corrected chi connectivity index (χ0v) is 9.74. The molecule has 1 N–H and O–H groups in total. The lowest BCUT2D eigenvalue weighted by Gasteiger charge is -2.22. The van der Waals surface area contributed by atoms with Gasteiger partial charge in [0.2, 0.25) is 5.91 Å². The van der Waals surface area contributed by atoms with E-state index in [0.717, 1.165) is 0 Å². The molecule has 82 valence electrons. The third-order valence-electron chi connectivity index (χ3n) is 2.43. The fraction of sp³-hybridized carbons (Fsp3) is 0.600. The van der Waals surface area contributed by atoms with E-state index in [1.54, 1.807) is 0 Å². The van der Waals surface area contributed by atoms with Crippen molar-refractivity contribution in [3.05, 3.63) is 0 Å². The van der Waals surface area contributed by atoms with Crippen LogP contribution in [0.3, 0.4) is 0 Å². The predicted octanol–water partition coefficient (Wildman–Crippen LogP) is 0.706. The fourth-order valence-electron chi connectivity index (χ4n) is 1.66. The second-order valence-corrected chi connectivity index (χ2v) is 4.18. The molecule has 15 heavy (non-hydrogen) atoms. The summed E-state index contributed by atoms with van der Waals surface area (Å²) < 4.78 is 0. The Balaban J connectivity index is 2.73. The Hall–Kier alpha value is -1.02. The minimum atomic E-state index is -1.03. The highest BCUT2D eigenvalue weighted by molar-refractivity contribution is 9.09. The number of carboxylic acid groups (broad SMARTS) is 1. The third kappa shape index (κ3) is 2.72. The van der Waals surface area contributed by atoms with Crippen LogP contribution in [0.2, 0.25) is 0 Å². The van der Waals surface area contributed by atoms with Gasteiger partial charge in [0.1, 0.15) is 6.04 Å². The average Bonchev–Trinajstić information content (AvgIpc) is 2.55. The largest absolute Gasteiger partial charge is 0.480 e. The van der Waals surface area contributed by atoms with Crippen molar-refractivity contribution in [3.63, 3.8) is 0 Å². The molecule has 1 fully saturated rings. The zero-order valence-electron chi connectivity index (χ0n) is 8.15. The molecule has 1 heterocycles. The molecule has 5 heteroatoms. The number of aliphatic carboxylic acids is 1. The number of terminal acetylenes is 1. The number of rotatable bonds is 4. The maximum atomic E-state index is 11.5. The first kappa shape index (κ1) is 12.1. The van der Waals surface area contributed by atoms with Gasteiger partial charge in [-0.15, -0.1) is 12.3 Å². The number of carbonyl (C=O) groups excluding carboxylic acids is 1. The highest BCUT2D eigenvalue weighted by Crippen LogP contribution is 2.22. The van der Waals surface area contributed by atoms with Crippen LogP contribution in [0.15, 0.2) is 0 Å². The van der Waals surface area contributed by atoms with Crippen LogP contribution >= 0.6 is 15.9 Å². The molecule has 0 aromatic heterocycles. The van der Waals surface area contributed by atoms with Crippen molar-refractivity contribution >= 4 is 27.8 Å². The summed E-state index contributed by atoms with van der Waals surface area (Å²) in [5.74, 6) is 1.33. The molecule has 1 rings (SSSR count). The lowest BCUT2D eigenvalue weighted by molar-refractivity contribution is -0.148. The Morgan fingerprint density at radius 3 is 2.87 bits per heavy atom. The summed E-state index contributed by atoms with van der Waals surface area (Å²) in [4.78, 5) is 23.8. The molecule has 0 aromatic rings. The smallest absolute Gasteiger partial charge is 0.327 e. The fourth-order valence-corrected chi connectivity index (χ4v) is 2.09. The molecule has 1 amide bonds. The van der Waals surface area contributed by atoms with E-state index < -0.39 is 12.0 Å². The first-order chi connectivity index (χ1) is 7.10. The van der Waals surface area contributed by atoms with Gasteiger partial charge in [-0.2, -0.15) is 0 Å². The normalized spacial score (nSPS) is 22.5. The van der Waals surface area contributed by atoms with E-state index in [1.165, 1.54) is 4.90 Å². The Morgan fingerprint density at radius 1 is 1.80 bits per heavy atom. The van der Waals surface area contributed by atoms with Crippen molar-refractivity contribution in [1.82, 2.24) is 4.90 Å². The third-order valence-corrected chi connectivity index (χ3v) is 3.34. The lowest BCUT2D eigenvalue weighted by atomic mass is 10.1. The summed E-state index contributed by atoms with van der Waals surface area (Å²) in [5, 5.41) is 9.65. The van der Waals surface area contributed by atoms with Crippen LogP contribution in [0.25, 0.3) is 0 Å². The van der Waals surface area contributed by atoms with Crippen LogP contribution in [0, 0.1) is 18.3 Å². The molecule has 0 radical (unpaired) electrons. The number of hydrogen-bond donors (Lipinski definition) is 1. The molecular formula is C10H12BrNO3. The Kier molecular flexibility index (Phi) is 4.15. The number of carbonyl (C=O) groups is 2. The molecule has 0 saturated carbocycles. The van der Waals surface area contributed by atoms with Gasteiger partial charge < -0.3 is 10.0 Å². The number of nitrogens with zero attached hydrogens (tertiary/aromatic N) is 1. The van der Waals surface area contributed by atoms with Crippen LogP contribution in [-0.4, -0.2) is 39.8 Å². The van der Waals surface area contributed by atoms with Crippen molar-refractivity contribution in [2.75, 3.05) is 11.9 Å². The standard InChI is InChI=1S/C10H12BrNO3/c1-2-3-8(10(14)15)12-6-7(5-11)4-9(12)13/h1,7-8H,3-6H2,(H,14,15). The molecular weight excluding hydrogens is 262 g/mol. The van der Waals surface area contributed by atoms with Crippen molar-refractivity contribution in [1.29, 1.82) is 0 Å². The second kappa shape index (κ2) is 5.17. The quantitative estimate of drug-likeness (QED) is 0.606. The zero-order chi connectivity index (χ0) is 11.4. The van der Waals surface area contributed by atoms with Crippen LogP contribution in [0.5, 0.6) is 0 Å². The van der Waals surface area contributed by atoms with Crippen LogP contribution in [-0.2, 0) is 9.59 Å². The van der Waals surface area contributed by atoms with Gasteiger partial charge in [-0.3, -0.25) is 4.79 Å². The average molecular weight is 274 g/mol. The van der Waals surface area contributed by atoms with E-state index >= 15 is 0 Å². The van der Waals surface area contributed by atoms with Crippen molar-refractivity contribution in [3.8, 4) is 12.3 Å². The van der Waals surface area contributed by atoms with E-state index in [0.29, 0.717) is 18.3 Å². The van der Waals surface area contributed by atoms with Crippen molar-refractivity contribution < 1.29 is 14.7 Å². The van der Waals surface area contributed by atoms with Gasteiger partial charge in [-0.25, -0.2) is 4.79 Å². The maximum Gasteiger partial charge on any atom is 0.327 e. The molecule has 1 aliphatic heterocycles. The van der Waals surface area contributed by atoms with Gasteiger partial charge >= 0.3 is 5.97 Å². The minimum Gasteiger partial charge on any atom is -0.480 e. The van der Waals surface area contributed by atoms with Crippen molar-refractivity contribution in [2.24, 2.45) is 5.92 Å². The van der Waals surface area contributed by atoms with E-state index in [1.807, 2.05) is 0 Å². The predicted molar refractivity (Wildman–Crippen MR) is 58.5 cm³/mol. The number of amides is 1. The number of hydrogen-bond acceptors (Lipinski definition) is 2.